The van der Waals surface area contributed by atoms with Gasteiger partial charge in [0.2, 0.25) is 0 Å². The summed E-state index contributed by atoms with van der Waals surface area (Å²) < 4.78 is 5.65. The first-order valence-electron chi connectivity index (χ1n) is 16.4. The minimum absolute atomic E-state index is 0.00324. The molecule has 10 nitrogen and oxygen atoms in total. The molecular weight excluding hydrogens is 592 g/mol. The van der Waals surface area contributed by atoms with Crippen LogP contribution in [0.3, 0.4) is 0 Å². The number of cyclic esters (lactones) is 1. The van der Waals surface area contributed by atoms with E-state index in [0.29, 0.717) is 6.42 Å². The highest BCUT2D eigenvalue weighted by Gasteiger charge is 2.27. The van der Waals surface area contributed by atoms with Crippen LogP contribution in [0.5, 0.6) is 0 Å². The van der Waals surface area contributed by atoms with Crippen LogP contribution in [0.2, 0.25) is 0 Å². The summed E-state index contributed by atoms with van der Waals surface area (Å²) >= 11 is 0. The van der Waals surface area contributed by atoms with Gasteiger partial charge < -0.3 is 45.6 Å². The number of carbonyl (C=O) groups excluding carboxylic acids is 1. The molecule has 0 bridgehead atoms. The largest absolute Gasteiger partial charge is 0.458 e. The number of allylic oxidation sites excluding steroid dienone is 8. The van der Waals surface area contributed by atoms with Crippen LogP contribution in [0.1, 0.15) is 72.6 Å². The van der Waals surface area contributed by atoms with Crippen molar-refractivity contribution in [3.8, 4) is 0 Å². The molecule has 0 aliphatic carbocycles. The Morgan fingerprint density at radius 3 is 1.59 bits per heavy atom. The molecule has 0 fully saturated rings. The number of esters is 1. The second-order valence-corrected chi connectivity index (χ2v) is 12.8. The summed E-state index contributed by atoms with van der Waals surface area (Å²) in [5, 5.41) is 83.2. The highest BCUT2D eigenvalue weighted by atomic mass is 16.5. The van der Waals surface area contributed by atoms with Crippen LogP contribution in [0.4, 0.5) is 0 Å². The highest BCUT2D eigenvalue weighted by molar-refractivity contribution is 5.82. The van der Waals surface area contributed by atoms with Crippen LogP contribution in [-0.2, 0) is 9.53 Å². The van der Waals surface area contributed by atoms with E-state index in [1.54, 1.807) is 67.7 Å². The molecule has 8 N–H and O–H groups in total. The van der Waals surface area contributed by atoms with Gasteiger partial charge in [0.1, 0.15) is 6.10 Å². The van der Waals surface area contributed by atoms with Crippen molar-refractivity contribution in [1.29, 1.82) is 0 Å². The zero-order chi connectivity index (χ0) is 34.6. The third-order valence-corrected chi connectivity index (χ3v) is 8.01. The molecule has 0 unspecified atom stereocenters. The Morgan fingerprint density at radius 2 is 1.07 bits per heavy atom. The molecule has 262 valence electrons. The van der Waals surface area contributed by atoms with Crippen molar-refractivity contribution in [2.24, 2.45) is 17.8 Å². The third-order valence-electron chi connectivity index (χ3n) is 8.01. The molecular formula is C36H58O10. The Hall–Kier alpha value is -2.41. The zero-order valence-electron chi connectivity index (χ0n) is 27.7. The molecule has 10 heteroatoms. The Labute approximate surface area is 274 Å². The Bertz CT molecular complexity index is 1020. The monoisotopic (exact) mass is 650 g/mol. The SMILES string of the molecule is CC(C)[C@H]1OC(=O)\C=C/C=C\C=C/C=C\C=C/C[C@@H](O)[C@@H](C)[C@@H](O)C[C@@H](O)C[C@@H](O)C[C@@H](O)C[C@@H](O)C[C@@H](O)C[C@@H](O)/C=C/[C@H]1C. The fourth-order valence-electron chi connectivity index (χ4n) is 5.31. The van der Waals surface area contributed by atoms with E-state index in [0.717, 1.165) is 0 Å². The number of carbonyl (C=O) groups is 1. The highest BCUT2D eigenvalue weighted by Crippen LogP contribution is 2.22. The molecule has 0 radical (unpaired) electrons. The summed E-state index contributed by atoms with van der Waals surface area (Å²) in [6.45, 7) is 7.40. The van der Waals surface area contributed by atoms with Crippen molar-refractivity contribution in [2.45, 2.75) is 128 Å². The van der Waals surface area contributed by atoms with Crippen LogP contribution < -0.4 is 0 Å². The first kappa shape index (κ1) is 41.6. The summed E-state index contributed by atoms with van der Waals surface area (Å²) in [6, 6.07) is 0. The predicted molar refractivity (Wildman–Crippen MR) is 178 cm³/mol. The van der Waals surface area contributed by atoms with E-state index in [-0.39, 0.29) is 50.4 Å². The van der Waals surface area contributed by atoms with Gasteiger partial charge in [-0.3, -0.25) is 0 Å². The van der Waals surface area contributed by atoms with Gasteiger partial charge in [0.15, 0.2) is 0 Å². The maximum atomic E-state index is 12.4. The van der Waals surface area contributed by atoms with Crippen LogP contribution in [-0.4, -0.2) is 102 Å². The molecule has 46 heavy (non-hydrogen) atoms. The van der Waals surface area contributed by atoms with Gasteiger partial charge in [0, 0.05) is 24.3 Å². The molecule has 0 saturated heterocycles. The molecule has 1 aliphatic heterocycles. The van der Waals surface area contributed by atoms with Gasteiger partial charge in [-0.2, -0.15) is 0 Å². The van der Waals surface area contributed by atoms with Gasteiger partial charge in [-0.15, -0.1) is 0 Å². The third kappa shape index (κ3) is 18.7. The molecule has 0 aromatic rings. The van der Waals surface area contributed by atoms with Crippen molar-refractivity contribution in [3.05, 3.63) is 72.9 Å². The lowest BCUT2D eigenvalue weighted by atomic mass is 9.90. The summed E-state index contributed by atoms with van der Waals surface area (Å²) in [4.78, 5) is 12.4. The normalized spacial score (nSPS) is 40.4. The Balaban J connectivity index is 2.98. The molecule has 1 aliphatic rings. The van der Waals surface area contributed by atoms with Gasteiger partial charge in [0.05, 0.1) is 48.8 Å². The molecule has 0 amide bonds. The molecule has 0 aromatic heterocycles. The number of aliphatic hydroxyl groups excluding tert-OH is 8. The summed E-state index contributed by atoms with van der Waals surface area (Å²) in [5.41, 5.74) is 0. The summed E-state index contributed by atoms with van der Waals surface area (Å²) in [7, 11) is 0. The second-order valence-electron chi connectivity index (χ2n) is 12.8. The summed E-state index contributed by atoms with van der Waals surface area (Å²) in [5.74, 6) is -1.25. The van der Waals surface area contributed by atoms with Crippen LogP contribution >= 0.6 is 0 Å². The van der Waals surface area contributed by atoms with E-state index in [2.05, 4.69) is 0 Å². The number of aliphatic hydroxyl groups is 8. The quantitative estimate of drug-likeness (QED) is 0.155. The van der Waals surface area contributed by atoms with Crippen molar-refractivity contribution >= 4 is 5.97 Å². The van der Waals surface area contributed by atoms with Gasteiger partial charge in [-0.05, 0) is 44.4 Å². The van der Waals surface area contributed by atoms with E-state index in [4.69, 9.17) is 4.74 Å². The van der Waals surface area contributed by atoms with Crippen LogP contribution in [0.25, 0.3) is 0 Å². The van der Waals surface area contributed by atoms with Crippen molar-refractivity contribution in [1.82, 2.24) is 0 Å². The minimum atomic E-state index is -1.10. The number of hydrogen-bond acceptors (Lipinski definition) is 10. The molecule has 11 atom stereocenters. The van der Waals surface area contributed by atoms with Gasteiger partial charge in [0.25, 0.3) is 0 Å². The average Bonchev–Trinajstić information content (AvgIpc) is 2.95. The smallest absolute Gasteiger partial charge is 0.331 e. The maximum Gasteiger partial charge on any atom is 0.331 e. The Kier molecular flexibility index (Phi) is 20.8. The molecule has 1 heterocycles. The van der Waals surface area contributed by atoms with Gasteiger partial charge in [-0.25, -0.2) is 4.79 Å². The van der Waals surface area contributed by atoms with E-state index < -0.39 is 66.8 Å². The standard InChI is InChI=1S/C36H58O10/c1-24(2)36-25(3)16-17-27(37)18-28(38)19-29(39)20-30(40)21-31(41)22-32(42)23-34(44)26(4)33(43)14-12-10-8-6-5-7-9-11-13-15-35(45)46-36/h5-13,15-17,24-34,36-44H,14,18-23H2,1-4H3/b7-5-,8-6-,11-9-,12-10-,15-13-,17-16+/t25-,26-,27+,28+,29+,30+,31+,32+,33-,34+,36-/m1/s1. The van der Waals surface area contributed by atoms with Crippen molar-refractivity contribution in [2.75, 3.05) is 0 Å². The van der Waals surface area contributed by atoms with Crippen LogP contribution in [0.15, 0.2) is 72.9 Å². The lowest BCUT2D eigenvalue weighted by molar-refractivity contribution is -0.147. The molecule has 1 rings (SSSR count). The van der Waals surface area contributed by atoms with E-state index in [9.17, 15) is 45.6 Å². The first-order valence-corrected chi connectivity index (χ1v) is 16.4. The molecule has 0 spiro atoms. The average molecular weight is 651 g/mol. The fourth-order valence-corrected chi connectivity index (χ4v) is 5.31. The second kappa shape index (κ2) is 23.0. The number of rotatable bonds is 1. The van der Waals surface area contributed by atoms with Crippen LogP contribution in [0, 0.1) is 17.8 Å². The van der Waals surface area contributed by atoms with Crippen molar-refractivity contribution < 1.29 is 50.4 Å². The molecule has 0 saturated carbocycles. The lowest BCUT2D eigenvalue weighted by Crippen LogP contribution is -2.34. The van der Waals surface area contributed by atoms with E-state index in [1.165, 1.54) is 12.2 Å². The van der Waals surface area contributed by atoms with Crippen molar-refractivity contribution in [3.63, 3.8) is 0 Å². The number of ether oxygens (including phenoxy) is 1. The fraction of sp³-hybridized carbons (Fsp3) is 0.639. The maximum absolute atomic E-state index is 12.4. The minimum Gasteiger partial charge on any atom is -0.458 e. The summed E-state index contributed by atoms with van der Waals surface area (Å²) in [6.07, 6.45) is 11.3. The molecule has 0 aromatic carbocycles. The topological polar surface area (TPSA) is 188 Å². The predicted octanol–water partition coefficient (Wildman–Crippen LogP) is 2.80. The first-order chi connectivity index (χ1) is 21.7. The number of hydrogen-bond donors (Lipinski definition) is 8. The zero-order valence-corrected chi connectivity index (χ0v) is 27.7. The van der Waals surface area contributed by atoms with E-state index >= 15 is 0 Å². The Morgan fingerprint density at radius 1 is 0.609 bits per heavy atom. The van der Waals surface area contributed by atoms with Gasteiger partial charge in [-0.1, -0.05) is 94.5 Å². The van der Waals surface area contributed by atoms with Gasteiger partial charge >= 0.3 is 5.97 Å². The van der Waals surface area contributed by atoms with E-state index in [1.807, 2.05) is 20.8 Å². The lowest BCUT2D eigenvalue weighted by Gasteiger charge is -2.26.